The first-order chi connectivity index (χ1) is 9.67. The zero-order chi connectivity index (χ0) is 14.3. The Kier molecular flexibility index (Phi) is 4.34. The van der Waals surface area contributed by atoms with E-state index >= 15 is 0 Å². The van der Waals surface area contributed by atoms with Crippen LogP contribution in [0.4, 0.5) is 0 Å². The van der Waals surface area contributed by atoms with Crippen LogP contribution in [0.3, 0.4) is 0 Å². The molecular weight excluding hydrogens is 272 g/mol. The molecule has 0 amide bonds. The Morgan fingerprint density at radius 2 is 1.38 bits per heavy atom. The van der Waals surface area contributed by atoms with Crippen molar-refractivity contribution < 1.29 is 14.7 Å². The van der Waals surface area contributed by atoms with Crippen molar-refractivity contribution >= 4 is 11.6 Å². The molecule has 0 atom stereocenters. The van der Waals surface area contributed by atoms with E-state index in [1.807, 2.05) is 14.7 Å². The quantitative estimate of drug-likeness (QED) is 0.526. The van der Waals surface area contributed by atoms with Gasteiger partial charge in [0.15, 0.2) is 0 Å². The Morgan fingerprint density at radius 3 is 1.81 bits per heavy atom. The van der Waals surface area contributed by atoms with Gasteiger partial charge in [0.25, 0.3) is 0 Å². The number of aliphatic hydroxyl groups excluding tert-OH is 1. The van der Waals surface area contributed by atoms with Gasteiger partial charge in [-0.05, 0) is 6.92 Å². The lowest BCUT2D eigenvalue weighted by Crippen LogP contribution is -2.29. The lowest BCUT2D eigenvalue weighted by atomic mass is 10.0. The van der Waals surface area contributed by atoms with Gasteiger partial charge in [0.05, 0.1) is 5.70 Å². The molecule has 4 aliphatic rings. The van der Waals surface area contributed by atoms with Crippen molar-refractivity contribution in [3.63, 3.8) is 0 Å². The van der Waals surface area contributed by atoms with Crippen LogP contribution >= 0.6 is 0 Å². The third-order valence-electron chi connectivity index (χ3n) is 3.49. The topological polar surface area (TPSA) is 98.4 Å². The molecule has 0 radical (unpaired) electrons. The molecule has 0 unspecified atom stereocenters. The molecule has 3 saturated heterocycles. The minimum atomic E-state index is 0. The van der Waals surface area contributed by atoms with Crippen molar-refractivity contribution in [2.45, 2.75) is 6.92 Å². The minimum absolute atomic E-state index is 0. The minimum Gasteiger partial charge on any atom is -0.397 e. The van der Waals surface area contributed by atoms with Crippen LogP contribution in [-0.4, -0.2) is 77.2 Å². The average molecular weight is 294 g/mol. The van der Waals surface area contributed by atoms with Crippen molar-refractivity contribution in [1.82, 2.24) is 20.9 Å². The molecule has 3 fully saturated rings. The van der Waals surface area contributed by atoms with E-state index in [1.165, 1.54) is 6.08 Å². The first-order valence-corrected chi connectivity index (χ1v) is 7.08. The summed E-state index contributed by atoms with van der Waals surface area (Å²) in [6, 6.07) is 0. The largest absolute Gasteiger partial charge is 0.397 e. The van der Waals surface area contributed by atoms with Gasteiger partial charge >= 0.3 is 0 Å². The predicted molar refractivity (Wildman–Crippen MR) is 77.6 cm³/mol. The molecule has 4 rings (SSSR count). The standard InChI is InChI=1S/C12H13N3O2.C2H6O.H3N/c16-9-7-8(13-1-2-13)12(17)11(15-5-6-15)10(9)14-3-4-14;1-2-3;/h7H,1-6H2;3H,2H2,1H3;1H3. The highest BCUT2D eigenvalue weighted by Gasteiger charge is 2.43. The predicted octanol–water partition coefficient (Wildman–Crippen LogP) is -0.659. The van der Waals surface area contributed by atoms with Crippen molar-refractivity contribution in [2.24, 2.45) is 0 Å². The molecule has 0 spiro atoms. The number of carbonyl (C=O) groups is 2. The van der Waals surface area contributed by atoms with Crippen molar-refractivity contribution in [1.29, 1.82) is 0 Å². The summed E-state index contributed by atoms with van der Waals surface area (Å²) in [4.78, 5) is 30.5. The SMILES string of the molecule is CCO.N.O=C1C=C(N2CC2)C(=O)C(N2CC2)=C1N1CC1. The molecule has 0 saturated carbocycles. The molecule has 1 aliphatic carbocycles. The number of hydrogen-bond acceptors (Lipinski definition) is 7. The van der Waals surface area contributed by atoms with Crippen molar-refractivity contribution in [3.05, 3.63) is 23.2 Å². The maximum absolute atomic E-state index is 12.4. The summed E-state index contributed by atoms with van der Waals surface area (Å²) in [5.74, 6) is 0.0485. The number of rotatable bonds is 3. The Labute approximate surface area is 124 Å². The van der Waals surface area contributed by atoms with Gasteiger partial charge in [-0.1, -0.05) is 0 Å². The van der Waals surface area contributed by atoms with Gasteiger partial charge in [0, 0.05) is 52.0 Å². The van der Waals surface area contributed by atoms with Crippen LogP contribution in [-0.2, 0) is 9.59 Å². The summed E-state index contributed by atoms with van der Waals surface area (Å²) in [7, 11) is 0. The van der Waals surface area contributed by atoms with Crippen molar-refractivity contribution in [2.75, 3.05) is 45.9 Å². The second kappa shape index (κ2) is 5.87. The van der Waals surface area contributed by atoms with E-state index < -0.39 is 0 Å². The highest BCUT2D eigenvalue weighted by atomic mass is 16.2. The van der Waals surface area contributed by atoms with Crippen LogP contribution in [0.25, 0.3) is 0 Å². The third kappa shape index (κ3) is 3.08. The van der Waals surface area contributed by atoms with Gasteiger partial charge in [-0.15, -0.1) is 0 Å². The summed E-state index contributed by atoms with van der Waals surface area (Å²) >= 11 is 0. The fraction of sp³-hybridized carbons (Fsp3) is 0.571. The molecule has 21 heavy (non-hydrogen) atoms. The number of carbonyl (C=O) groups excluding carboxylic acids is 2. The average Bonchev–Trinajstić information content (AvgIpc) is 3.28. The molecular formula is C14H22N4O3. The Morgan fingerprint density at radius 1 is 0.952 bits per heavy atom. The molecule has 3 heterocycles. The number of hydrogen-bond donors (Lipinski definition) is 2. The first-order valence-electron chi connectivity index (χ1n) is 7.08. The third-order valence-corrected chi connectivity index (χ3v) is 3.49. The Hall–Kier alpha value is -1.86. The van der Waals surface area contributed by atoms with Crippen LogP contribution in [0.1, 0.15) is 6.92 Å². The number of ketones is 2. The summed E-state index contributed by atoms with van der Waals surface area (Å²) < 4.78 is 0. The van der Waals surface area contributed by atoms with Gasteiger partial charge < -0.3 is 26.0 Å². The lowest BCUT2D eigenvalue weighted by Gasteiger charge is -2.21. The number of allylic oxidation sites excluding steroid dienone is 1. The number of Topliss-reactive ketones (excluding diaryl/α,β-unsaturated/α-hetero) is 1. The van der Waals surface area contributed by atoms with E-state index in [0.717, 1.165) is 39.3 Å². The highest BCUT2D eigenvalue weighted by Crippen LogP contribution is 2.33. The molecule has 0 aromatic rings. The van der Waals surface area contributed by atoms with Crippen LogP contribution < -0.4 is 6.15 Å². The molecule has 7 nitrogen and oxygen atoms in total. The van der Waals surface area contributed by atoms with Gasteiger partial charge in [0.1, 0.15) is 11.4 Å². The van der Waals surface area contributed by atoms with Crippen LogP contribution in [0.5, 0.6) is 0 Å². The summed E-state index contributed by atoms with van der Waals surface area (Å²) in [6.07, 6.45) is 1.52. The van der Waals surface area contributed by atoms with Crippen molar-refractivity contribution in [3.8, 4) is 0 Å². The van der Waals surface area contributed by atoms with E-state index in [0.29, 0.717) is 17.1 Å². The van der Waals surface area contributed by atoms with Crippen LogP contribution in [0.2, 0.25) is 0 Å². The molecule has 7 heteroatoms. The summed E-state index contributed by atoms with van der Waals surface area (Å²) in [5, 5.41) is 7.57. The monoisotopic (exact) mass is 294 g/mol. The van der Waals surface area contributed by atoms with Gasteiger partial charge in [-0.25, -0.2) is 0 Å². The molecule has 0 aromatic heterocycles. The second-order valence-corrected chi connectivity index (χ2v) is 5.20. The van der Waals surface area contributed by atoms with E-state index in [4.69, 9.17) is 5.11 Å². The maximum atomic E-state index is 12.4. The fourth-order valence-electron chi connectivity index (χ4n) is 2.28. The van der Waals surface area contributed by atoms with Gasteiger partial charge in [-0.3, -0.25) is 9.59 Å². The van der Waals surface area contributed by atoms with Crippen LogP contribution in [0.15, 0.2) is 23.2 Å². The second-order valence-electron chi connectivity index (χ2n) is 5.20. The van der Waals surface area contributed by atoms with E-state index in [2.05, 4.69) is 0 Å². The Bertz CT molecular complexity index is 514. The summed E-state index contributed by atoms with van der Waals surface area (Å²) in [5.41, 5.74) is 1.89. The lowest BCUT2D eigenvalue weighted by molar-refractivity contribution is -0.117. The number of nitrogens with zero attached hydrogens (tertiary/aromatic N) is 3. The Balaban J connectivity index is 0.000000375. The highest BCUT2D eigenvalue weighted by molar-refractivity contribution is 6.22. The zero-order valence-corrected chi connectivity index (χ0v) is 12.3. The first kappa shape index (κ1) is 15.5. The fourth-order valence-corrected chi connectivity index (χ4v) is 2.28. The van der Waals surface area contributed by atoms with Gasteiger partial charge in [-0.2, -0.15) is 0 Å². The van der Waals surface area contributed by atoms with E-state index in [-0.39, 0.29) is 24.3 Å². The van der Waals surface area contributed by atoms with Gasteiger partial charge in [0.2, 0.25) is 11.6 Å². The molecule has 0 aromatic carbocycles. The normalized spacial score (nSPS) is 22.4. The molecule has 4 N–H and O–H groups in total. The smallest absolute Gasteiger partial charge is 0.227 e. The molecule has 0 bridgehead atoms. The van der Waals surface area contributed by atoms with E-state index in [9.17, 15) is 9.59 Å². The van der Waals surface area contributed by atoms with E-state index in [1.54, 1.807) is 6.92 Å². The van der Waals surface area contributed by atoms with Crippen LogP contribution in [0, 0.1) is 0 Å². The summed E-state index contributed by atoms with van der Waals surface area (Å²) in [6.45, 7) is 7.34. The maximum Gasteiger partial charge on any atom is 0.227 e. The number of aliphatic hydroxyl groups is 1. The zero-order valence-electron chi connectivity index (χ0n) is 12.3. The molecule has 3 aliphatic heterocycles. The molecule has 116 valence electrons.